The molecule has 3 aromatic rings. The van der Waals surface area contributed by atoms with Crippen molar-refractivity contribution in [2.45, 2.75) is 56.2 Å². The molecule has 4 N–H and O–H groups in total. The summed E-state index contributed by atoms with van der Waals surface area (Å²) in [6, 6.07) is 4.13. The van der Waals surface area contributed by atoms with E-state index in [1.165, 1.54) is 21.5 Å². The van der Waals surface area contributed by atoms with Gasteiger partial charge in [0.1, 0.15) is 22.9 Å². The lowest BCUT2D eigenvalue weighted by Gasteiger charge is -2.36. The zero-order chi connectivity index (χ0) is 24.0. The van der Waals surface area contributed by atoms with E-state index in [1.807, 2.05) is 0 Å². The molecule has 3 aromatic heterocycles. The molecule has 2 atom stereocenters. The normalized spacial score (nSPS) is 21.9. The van der Waals surface area contributed by atoms with Gasteiger partial charge in [-0.15, -0.1) is 0 Å². The highest BCUT2D eigenvalue weighted by Crippen LogP contribution is 2.44. The zero-order valence-electron chi connectivity index (χ0n) is 18.5. The second kappa shape index (κ2) is 8.35. The highest BCUT2D eigenvalue weighted by atomic mass is 19.3. The summed E-state index contributed by atoms with van der Waals surface area (Å²) >= 11 is 0. The third-order valence-corrected chi connectivity index (χ3v) is 6.41. The maximum absolute atomic E-state index is 13.3. The van der Waals surface area contributed by atoms with Crippen LogP contribution in [0.4, 0.5) is 26.1 Å². The Hall–Kier alpha value is -3.54. The van der Waals surface area contributed by atoms with E-state index in [-0.39, 0.29) is 47.5 Å². The van der Waals surface area contributed by atoms with Crippen molar-refractivity contribution in [3.8, 4) is 0 Å². The van der Waals surface area contributed by atoms with Crippen LogP contribution in [-0.4, -0.2) is 55.3 Å². The number of carbonyl (C=O) groups excluding carboxylic acids is 1. The number of rotatable bonds is 6. The van der Waals surface area contributed by atoms with Gasteiger partial charge >= 0.3 is 0 Å². The highest BCUT2D eigenvalue weighted by molar-refractivity contribution is 6.00. The molecule has 3 heterocycles. The minimum Gasteiger partial charge on any atom is -0.393 e. The van der Waals surface area contributed by atoms with Crippen LogP contribution in [0.2, 0.25) is 0 Å². The van der Waals surface area contributed by atoms with Gasteiger partial charge in [-0.25, -0.2) is 13.8 Å². The minimum absolute atomic E-state index is 0.121. The Morgan fingerprint density at radius 2 is 2.09 bits per heavy atom. The number of anilines is 3. The van der Waals surface area contributed by atoms with Crippen LogP contribution >= 0.6 is 0 Å². The van der Waals surface area contributed by atoms with Crippen molar-refractivity contribution < 1.29 is 18.7 Å². The number of pyridine rings is 1. The Bertz CT molecular complexity index is 1300. The van der Waals surface area contributed by atoms with Crippen molar-refractivity contribution in [2.24, 2.45) is 0 Å². The van der Waals surface area contributed by atoms with Crippen molar-refractivity contribution >= 4 is 28.9 Å². The monoisotopic (exact) mass is 473 g/mol. The maximum Gasteiger partial charge on any atom is 0.274 e. The van der Waals surface area contributed by atoms with E-state index in [4.69, 9.17) is 0 Å². The number of carbonyl (C=O) groups is 1. The largest absolute Gasteiger partial charge is 0.393 e. The SMILES string of the molecule is CNc1cc(Nc2cccn(C3CC(F)(F)C3)c2=O)nc2c(C(=O)N[C@@H]3CC[C@H](O)C3)cnn12. The molecule has 0 bridgehead atoms. The van der Waals surface area contributed by atoms with Crippen LogP contribution in [0.15, 0.2) is 35.4 Å². The molecule has 2 aliphatic rings. The fourth-order valence-corrected chi connectivity index (χ4v) is 4.57. The first-order valence-electron chi connectivity index (χ1n) is 11.2. The van der Waals surface area contributed by atoms with Gasteiger partial charge in [0.2, 0.25) is 0 Å². The molecule has 12 heteroatoms. The van der Waals surface area contributed by atoms with E-state index >= 15 is 0 Å². The van der Waals surface area contributed by atoms with Crippen LogP contribution in [0, 0.1) is 0 Å². The Morgan fingerprint density at radius 1 is 1.29 bits per heavy atom. The zero-order valence-corrected chi connectivity index (χ0v) is 18.5. The predicted molar refractivity (Wildman–Crippen MR) is 121 cm³/mol. The average Bonchev–Trinajstić information content (AvgIpc) is 3.39. The topological polar surface area (TPSA) is 126 Å². The van der Waals surface area contributed by atoms with Gasteiger partial charge in [-0.1, -0.05) is 0 Å². The molecule has 5 rings (SSSR count). The van der Waals surface area contributed by atoms with E-state index in [9.17, 15) is 23.5 Å². The Balaban J connectivity index is 1.44. The van der Waals surface area contributed by atoms with Crippen LogP contribution in [0.1, 0.15) is 48.5 Å². The lowest BCUT2D eigenvalue weighted by molar-refractivity contribution is -0.104. The molecule has 180 valence electrons. The number of halogens is 2. The molecule has 0 unspecified atom stereocenters. The molecule has 1 amide bonds. The van der Waals surface area contributed by atoms with Crippen LogP contribution in [-0.2, 0) is 0 Å². The summed E-state index contributed by atoms with van der Waals surface area (Å²) in [6.45, 7) is 0. The van der Waals surface area contributed by atoms with Gasteiger partial charge in [-0.2, -0.15) is 9.61 Å². The number of hydrogen-bond acceptors (Lipinski definition) is 7. The summed E-state index contributed by atoms with van der Waals surface area (Å²) < 4.78 is 29.4. The van der Waals surface area contributed by atoms with Crippen LogP contribution in [0.25, 0.3) is 5.65 Å². The number of hydrogen-bond donors (Lipinski definition) is 4. The third kappa shape index (κ3) is 4.09. The Labute approximate surface area is 193 Å². The number of amides is 1. The summed E-state index contributed by atoms with van der Waals surface area (Å²) in [6.07, 6.45) is 3.61. The first-order valence-corrected chi connectivity index (χ1v) is 11.2. The van der Waals surface area contributed by atoms with Crippen molar-refractivity contribution in [3.63, 3.8) is 0 Å². The van der Waals surface area contributed by atoms with Gasteiger partial charge in [0.25, 0.3) is 17.4 Å². The number of nitrogens with zero attached hydrogens (tertiary/aromatic N) is 4. The molecule has 2 fully saturated rings. The third-order valence-electron chi connectivity index (χ3n) is 6.41. The molecule has 2 aliphatic carbocycles. The van der Waals surface area contributed by atoms with Gasteiger partial charge in [0, 0.05) is 44.2 Å². The Morgan fingerprint density at radius 3 is 2.76 bits per heavy atom. The van der Waals surface area contributed by atoms with E-state index < -0.39 is 23.6 Å². The van der Waals surface area contributed by atoms with Gasteiger partial charge in [0.15, 0.2) is 5.65 Å². The van der Waals surface area contributed by atoms with E-state index in [0.717, 1.165) is 0 Å². The fraction of sp³-hybridized carbons (Fsp3) is 0.455. The quantitative estimate of drug-likeness (QED) is 0.433. The van der Waals surface area contributed by atoms with Crippen molar-refractivity contribution in [3.05, 3.63) is 46.5 Å². The fourth-order valence-electron chi connectivity index (χ4n) is 4.57. The van der Waals surface area contributed by atoms with Crippen molar-refractivity contribution in [1.82, 2.24) is 24.5 Å². The van der Waals surface area contributed by atoms with E-state index in [0.29, 0.717) is 25.1 Å². The minimum atomic E-state index is -2.74. The highest BCUT2D eigenvalue weighted by Gasteiger charge is 2.46. The maximum atomic E-state index is 13.3. The molecular weight excluding hydrogens is 448 g/mol. The molecule has 0 radical (unpaired) electrons. The number of fused-ring (bicyclic) bond motifs is 1. The van der Waals surface area contributed by atoms with E-state index in [2.05, 4.69) is 26.0 Å². The number of aliphatic hydroxyl groups is 1. The number of nitrogens with one attached hydrogen (secondary N) is 3. The predicted octanol–water partition coefficient (Wildman–Crippen LogP) is 2.29. The van der Waals surface area contributed by atoms with Gasteiger partial charge in [-0.3, -0.25) is 9.59 Å². The molecule has 34 heavy (non-hydrogen) atoms. The lowest BCUT2D eigenvalue weighted by Crippen LogP contribution is -2.41. The Kier molecular flexibility index (Phi) is 5.47. The lowest BCUT2D eigenvalue weighted by atomic mass is 9.88. The summed E-state index contributed by atoms with van der Waals surface area (Å²) in [4.78, 5) is 30.3. The molecule has 2 saturated carbocycles. The molecule has 0 aliphatic heterocycles. The van der Waals surface area contributed by atoms with Crippen molar-refractivity contribution in [2.75, 3.05) is 17.7 Å². The number of aliphatic hydroxyl groups excluding tert-OH is 1. The number of alkyl halides is 2. The number of aromatic nitrogens is 4. The van der Waals surface area contributed by atoms with Crippen LogP contribution in [0.3, 0.4) is 0 Å². The average molecular weight is 473 g/mol. The van der Waals surface area contributed by atoms with Gasteiger partial charge in [0.05, 0.1) is 12.3 Å². The molecule has 10 nitrogen and oxygen atoms in total. The molecule has 0 spiro atoms. The molecule has 0 saturated heterocycles. The summed E-state index contributed by atoms with van der Waals surface area (Å²) in [7, 11) is 1.69. The summed E-state index contributed by atoms with van der Waals surface area (Å²) in [5, 5.41) is 22.8. The smallest absolute Gasteiger partial charge is 0.274 e. The molecular formula is C22H25F2N7O3. The first kappa shape index (κ1) is 22.3. The standard InChI is InChI=1S/C22H25F2N7O3/c1-25-18-8-17(28-16-3-2-6-30(21(16)34)13-9-22(23,24)10-13)29-19-15(11-26-31(18)19)20(33)27-12-4-5-14(32)7-12/h2-3,6,8,11-14,25,32H,4-5,7,9-10H2,1H3,(H,27,33)(H,28,29)/t12-,14+/m1/s1. The van der Waals surface area contributed by atoms with E-state index in [1.54, 1.807) is 25.2 Å². The van der Waals surface area contributed by atoms with Crippen LogP contribution < -0.4 is 21.5 Å². The van der Waals surface area contributed by atoms with Gasteiger partial charge < -0.3 is 25.6 Å². The van der Waals surface area contributed by atoms with Gasteiger partial charge in [-0.05, 0) is 31.4 Å². The van der Waals surface area contributed by atoms with Crippen molar-refractivity contribution in [1.29, 1.82) is 0 Å². The second-order valence-corrected chi connectivity index (χ2v) is 8.88. The first-order chi connectivity index (χ1) is 16.2. The summed E-state index contributed by atoms with van der Waals surface area (Å²) in [5.74, 6) is -2.28. The summed E-state index contributed by atoms with van der Waals surface area (Å²) in [5.41, 5.74) is 0.285. The molecule has 0 aromatic carbocycles. The second-order valence-electron chi connectivity index (χ2n) is 8.88. The van der Waals surface area contributed by atoms with Crippen LogP contribution in [0.5, 0.6) is 0 Å².